The maximum atomic E-state index is 13.0. The Morgan fingerprint density at radius 2 is 1.83 bits per heavy atom. The summed E-state index contributed by atoms with van der Waals surface area (Å²) in [4.78, 5) is 0.336. The van der Waals surface area contributed by atoms with Crippen LogP contribution in [0.2, 0.25) is 0 Å². The lowest BCUT2D eigenvalue weighted by Crippen LogP contribution is -2.36. The largest absolute Gasteiger partial charge is 0.360 e. The van der Waals surface area contributed by atoms with Crippen molar-refractivity contribution in [2.24, 2.45) is 0 Å². The second-order valence-corrected chi connectivity index (χ2v) is 8.53. The number of fused-ring (bicyclic) bond motifs is 3. The normalized spacial score (nSPS) is 27.0. The first-order chi connectivity index (χ1) is 10.9. The van der Waals surface area contributed by atoms with Crippen molar-refractivity contribution in [2.45, 2.75) is 37.0 Å². The van der Waals surface area contributed by atoms with Crippen LogP contribution in [0.3, 0.4) is 0 Å². The lowest BCUT2D eigenvalue weighted by molar-refractivity contribution is 0.251. The Balaban J connectivity index is 1.76. The Kier molecular flexibility index (Phi) is 3.17. The van der Waals surface area contributed by atoms with Crippen molar-refractivity contribution < 1.29 is 13.2 Å². The van der Waals surface area contributed by atoms with Crippen LogP contribution >= 0.6 is 0 Å². The minimum absolute atomic E-state index is 0.00285. The van der Waals surface area contributed by atoms with Crippen LogP contribution in [0.15, 0.2) is 53.4 Å². The molecule has 4 nitrogen and oxygen atoms in total. The van der Waals surface area contributed by atoms with E-state index in [0.29, 0.717) is 18.0 Å². The van der Waals surface area contributed by atoms with Gasteiger partial charge in [0, 0.05) is 13.1 Å². The van der Waals surface area contributed by atoms with Gasteiger partial charge in [-0.3, -0.25) is 0 Å². The van der Waals surface area contributed by atoms with Gasteiger partial charge in [0.25, 0.3) is 0 Å². The Labute approximate surface area is 136 Å². The van der Waals surface area contributed by atoms with Gasteiger partial charge in [-0.2, -0.15) is 4.31 Å². The molecule has 2 aliphatic rings. The molecule has 2 unspecified atom stereocenters. The summed E-state index contributed by atoms with van der Waals surface area (Å²) in [5, 5.41) is 0. The van der Waals surface area contributed by atoms with E-state index in [2.05, 4.69) is 0 Å². The van der Waals surface area contributed by atoms with E-state index in [1.165, 1.54) is 0 Å². The highest BCUT2D eigenvalue weighted by atomic mass is 32.2. The standard InChI is InChI=1S/C18H19NO3S/c1-13-7-9-15(10-8-13)23(20,21)19-11-14-5-3-4-6-16(14)17-18(2,12-19)22-17/h3-10,17H,11-12H2,1-2H3. The van der Waals surface area contributed by atoms with Gasteiger partial charge in [-0.15, -0.1) is 0 Å². The Morgan fingerprint density at radius 1 is 1.13 bits per heavy atom. The zero-order chi connectivity index (χ0) is 16.2. The molecule has 4 rings (SSSR count). The SMILES string of the molecule is Cc1ccc(S(=O)(=O)N2Cc3ccccc3C3OC3(C)C2)cc1. The van der Waals surface area contributed by atoms with Gasteiger partial charge in [-0.25, -0.2) is 8.42 Å². The van der Waals surface area contributed by atoms with Crippen LogP contribution < -0.4 is 0 Å². The minimum Gasteiger partial charge on any atom is -0.360 e. The van der Waals surface area contributed by atoms with Gasteiger partial charge >= 0.3 is 0 Å². The summed E-state index contributed by atoms with van der Waals surface area (Å²) >= 11 is 0. The molecule has 0 bridgehead atoms. The molecule has 23 heavy (non-hydrogen) atoms. The van der Waals surface area contributed by atoms with E-state index in [4.69, 9.17) is 4.74 Å². The Hall–Kier alpha value is -1.69. The third-order valence-electron chi connectivity index (χ3n) is 4.72. The fourth-order valence-electron chi connectivity index (χ4n) is 3.31. The zero-order valence-corrected chi connectivity index (χ0v) is 14.0. The molecule has 120 valence electrons. The molecule has 5 heteroatoms. The first-order valence-electron chi connectivity index (χ1n) is 7.73. The molecule has 1 saturated heterocycles. The van der Waals surface area contributed by atoms with E-state index in [9.17, 15) is 8.42 Å². The predicted octanol–water partition coefficient (Wildman–Crippen LogP) is 3.03. The molecule has 2 heterocycles. The fourth-order valence-corrected chi connectivity index (χ4v) is 4.82. The highest BCUT2D eigenvalue weighted by Crippen LogP contribution is 2.53. The lowest BCUT2D eigenvalue weighted by atomic mass is 9.99. The minimum atomic E-state index is -3.54. The molecular weight excluding hydrogens is 310 g/mol. The lowest BCUT2D eigenvalue weighted by Gasteiger charge is -2.23. The number of sulfonamides is 1. The quantitative estimate of drug-likeness (QED) is 0.796. The van der Waals surface area contributed by atoms with Gasteiger partial charge in [-0.05, 0) is 37.1 Å². The number of aryl methyl sites for hydroxylation is 1. The maximum absolute atomic E-state index is 13.0. The average Bonchev–Trinajstić information content (AvgIpc) is 3.20. The molecule has 0 amide bonds. The Bertz CT molecular complexity index is 860. The van der Waals surface area contributed by atoms with Crippen molar-refractivity contribution in [1.29, 1.82) is 0 Å². The van der Waals surface area contributed by atoms with Crippen LogP contribution in [0.1, 0.15) is 29.7 Å². The molecule has 0 saturated carbocycles. The van der Waals surface area contributed by atoms with Crippen LogP contribution in [-0.2, 0) is 21.3 Å². The zero-order valence-electron chi connectivity index (χ0n) is 13.2. The molecule has 0 N–H and O–H groups in total. The smallest absolute Gasteiger partial charge is 0.243 e. The molecule has 2 aromatic carbocycles. The fraction of sp³-hybridized carbons (Fsp3) is 0.333. The summed E-state index contributed by atoms with van der Waals surface area (Å²) in [7, 11) is -3.54. The average molecular weight is 329 g/mol. The highest BCUT2D eigenvalue weighted by molar-refractivity contribution is 7.89. The number of nitrogens with zero attached hydrogens (tertiary/aromatic N) is 1. The van der Waals surface area contributed by atoms with Crippen molar-refractivity contribution >= 4 is 10.0 Å². The van der Waals surface area contributed by atoms with E-state index in [1.54, 1.807) is 16.4 Å². The molecule has 2 atom stereocenters. The molecule has 0 spiro atoms. The van der Waals surface area contributed by atoms with E-state index < -0.39 is 15.6 Å². The maximum Gasteiger partial charge on any atom is 0.243 e. The topological polar surface area (TPSA) is 49.9 Å². The first-order valence-corrected chi connectivity index (χ1v) is 9.17. The third-order valence-corrected chi connectivity index (χ3v) is 6.52. The van der Waals surface area contributed by atoms with E-state index in [0.717, 1.165) is 16.7 Å². The number of ether oxygens (including phenoxy) is 1. The van der Waals surface area contributed by atoms with Gasteiger partial charge < -0.3 is 4.74 Å². The number of rotatable bonds is 2. The number of hydrogen-bond acceptors (Lipinski definition) is 3. The molecule has 1 fully saturated rings. The monoisotopic (exact) mass is 329 g/mol. The van der Waals surface area contributed by atoms with Gasteiger partial charge in [0.2, 0.25) is 10.0 Å². The van der Waals surface area contributed by atoms with Crippen LogP contribution in [0.5, 0.6) is 0 Å². The van der Waals surface area contributed by atoms with E-state index >= 15 is 0 Å². The van der Waals surface area contributed by atoms with Crippen LogP contribution in [0, 0.1) is 6.92 Å². The molecule has 2 aromatic rings. The molecule has 0 aromatic heterocycles. The second-order valence-electron chi connectivity index (χ2n) is 6.60. The van der Waals surface area contributed by atoms with Crippen molar-refractivity contribution in [2.75, 3.05) is 6.54 Å². The number of epoxide rings is 1. The van der Waals surface area contributed by atoms with Crippen molar-refractivity contribution in [3.63, 3.8) is 0 Å². The van der Waals surface area contributed by atoms with Crippen LogP contribution in [-0.4, -0.2) is 24.9 Å². The van der Waals surface area contributed by atoms with E-state index in [-0.39, 0.29) is 6.10 Å². The summed E-state index contributed by atoms with van der Waals surface area (Å²) in [6, 6.07) is 15.0. The summed E-state index contributed by atoms with van der Waals surface area (Å²) < 4.78 is 33.5. The summed E-state index contributed by atoms with van der Waals surface area (Å²) in [6.45, 7) is 4.70. The molecule has 0 radical (unpaired) electrons. The second kappa shape index (κ2) is 4.90. The predicted molar refractivity (Wildman–Crippen MR) is 87.4 cm³/mol. The number of benzene rings is 2. The molecular formula is C18H19NO3S. The van der Waals surface area contributed by atoms with Crippen LogP contribution in [0.4, 0.5) is 0 Å². The summed E-state index contributed by atoms with van der Waals surface area (Å²) in [5.74, 6) is 0. The Morgan fingerprint density at radius 3 is 2.57 bits per heavy atom. The van der Waals surface area contributed by atoms with Gasteiger partial charge in [-0.1, -0.05) is 42.0 Å². The summed E-state index contributed by atoms with van der Waals surface area (Å²) in [5.41, 5.74) is 2.75. The summed E-state index contributed by atoms with van der Waals surface area (Å²) in [6.07, 6.45) is -0.00285. The van der Waals surface area contributed by atoms with Gasteiger partial charge in [0.05, 0.1) is 4.90 Å². The van der Waals surface area contributed by atoms with Gasteiger partial charge in [0.1, 0.15) is 11.7 Å². The van der Waals surface area contributed by atoms with Crippen molar-refractivity contribution in [3.05, 3.63) is 65.2 Å². The van der Waals surface area contributed by atoms with Gasteiger partial charge in [0.15, 0.2) is 0 Å². The van der Waals surface area contributed by atoms with Crippen LogP contribution in [0.25, 0.3) is 0 Å². The van der Waals surface area contributed by atoms with Crippen molar-refractivity contribution in [1.82, 2.24) is 4.31 Å². The molecule has 0 aliphatic carbocycles. The van der Waals surface area contributed by atoms with E-state index in [1.807, 2.05) is 50.2 Å². The first kappa shape index (κ1) is 14.9. The third kappa shape index (κ3) is 2.40. The number of hydrogen-bond donors (Lipinski definition) is 0. The highest BCUT2D eigenvalue weighted by Gasteiger charge is 2.57. The molecule has 2 aliphatic heterocycles. The van der Waals surface area contributed by atoms with Crippen molar-refractivity contribution in [3.8, 4) is 0 Å².